The molecule has 0 aliphatic heterocycles. The van der Waals surface area contributed by atoms with Crippen LogP contribution >= 0.6 is 11.3 Å². The number of methoxy groups -OCH3 is 1. The minimum Gasteiger partial charge on any atom is -0.457 e. The number of nitriles is 2. The summed E-state index contributed by atoms with van der Waals surface area (Å²) in [6.07, 6.45) is 2.07. The number of aromatic nitrogens is 1. The first-order valence-corrected chi connectivity index (χ1v) is 9.89. The third-order valence-corrected chi connectivity index (χ3v) is 5.45. The van der Waals surface area contributed by atoms with Gasteiger partial charge in [-0.15, -0.1) is 11.3 Å². The average Bonchev–Trinajstić information content (AvgIpc) is 3.36. The quantitative estimate of drug-likeness (QED) is 0.314. The Morgan fingerprint density at radius 3 is 2.77 bits per heavy atom. The number of ether oxygens (including phenoxy) is 1. The number of non-ortho nitro benzene ring substituents is 1. The van der Waals surface area contributed by atoms with Crippen molar-refractivity contribution in [2.24, 2.45) is 0 Å². The van der Waals surface area contributed by atoms with E-state index >= 15 is 0 Å². The number of nitrogens with zero attached hydrogens (tertiary/aromatic N) is 4. The fourth-order valence-corrected chi connectivity index (χ4v) is 3.94. The zero-order chi connectivity index (χ0) is 22.4. The Hall–Kier alpha value is -3.99. The number of rotatable bonds is 7. The third kappa shape index (κ3) is 4.78. The molecular weight excluding hydrogens is 420 g/mol. The molecule has 31 heavy (non-hydrogen) atoms. The Labute approximate surface area is 180 Å². The summed E-state index contributed by atoms with van der Waals surface area (Å²) in [4.78, 5) is 23.4. The fraction of sp³-hybridized carbons (Fsp3) is 0.190. The van der Waals surface area contributed by atoms with Crippen LogP contribution in [0, 0.1) is 32.8 Å². The number of hydrogen-bond acceptors (Lipinski definition) is 8. The molecule has 0 aliphatic carbocycles. The summed E-state index contributed by atoms with van der Waals surface area (Å²) in [6.45, 7) is 0.732. The second kappa shape index (κ2) is 9.67. The molecule has 0 spiro atoms. The van der Waals surface area contributed by atoms with Crippen molar-refractivity contribution < 1.29 is 14.1 Å². The molecule has 0 radical (unpaired) electrons. The first-order valence-electron chi connectivity index (χ1n) is 9.08. The first-order chi connectivity index (χ1) is 15.0. The molecule has 3 rings (SSSR count). The number of thiazole rings is 1. The van der Waals surface area contributed by atoms with Gasteiger partial charge in [-0.05, 0) is 18.6 Å². The first kappa shape index (κ1) is 21.7. The van der Waals surface area contributed by atoms with Crippen LogP contribution in [0.2, 0.25) is 0 Å². The maximum Gasteiger partial charge on any atom is 0.270 e. The van der Waals surface area contributed by atoms with Crippen LogP contribution in [0.3, 0.4) is 0 Å². The molecule has 3 aromatic rings. The van der Waals surface area contributed by atoms with E-state index in [0.717, 1.165) is 11.3 Å². The van der Waals surface area contributed by atoms with Crippen LogP contribution in [-0.4, -0.2) is 23.2 Å². The van der Waals surface area contributed by atoms with E-state index in [-0.39, 0.29) is 21.5 Å². The minimum atomic E-state index is -0.489. The Balaban J connectivity index is 2.07. The van der Waals surface area contributed by atoms with Gasteiger partial charge in [0.25, 0.3) is 11.2 Å². The zero-order valence-electron chi connectivity index (χ0n) is 16.4. The van der Waals surface area contributed by atoms with Crippen molar-refractivity contribution in [2.45, 2.75) is 13.0 Å². The van der Waals surface area contributed by atoms with Crippen molar-refractivity contribution in [3.8, 4) is 23.5 Å². The molecule has 0 aliphatic rings. The van der Waals surface area contributed by atoms with Crippen LogP contribution in [0.15, 0.2) is 45.6 Å². The highest BCUT2D eigenvalue weighted by Crippen LogP contribution is 2.25. The van der Waals surface area contributed by atoms with Gasteiger partial charge in [0.1, 0.15) is 28.3 Å². The molecule has 0 bridgehead atoms. The third-order valence-electron chi connectivity index (χ3n) is 4.32. The van der Waals surface area contributed by atoms with Crippen LogP contribution in [-0.2, 0) is 11.3 Å². The van der Waals surface area contributed by atoms with Gasteiger partial charge in [-0.3, -0.25) is 19.5 Å². The van der Waals surface area contributed by atoms with Gasteiger partial charge in [0.2, 0.25) is 0 Å². The summed E-state index contributed by atoms with van der Waals surface area (Å²) in [6, 6.07) is 13.0. The van der Waals surface area contributed by atoms with Crippen LogP contribution in [0.4, 0.5) is 5.69 Å². The van der Waals surface area contributed by atoms with E-state index in [1.54, 1.807) is 31.4 Å². The average molecular weight is 436 g/mol. The number of nitro groups is 1. The van der Waals surface area contributed by atoms with E-state index < -0.39 is 4.92 Å². The molecule has 10 heteroatoms. The van der Waals surface area contributed by atoms with Gasteiger partial charge >= 0.3 is 0 Å². The Bertz CT molecular complexity index is 1370. The van der Waals surface area contributed by atoms with Gasteiger partial charge in [0.05, 0.1) is 9.46 Å². The second-order valence-electron chi connectivity index (χ2n) is 6.33. The van der Waals surface area contributed by atoms with Crippen LogP contribution < -0.4 is 14.8 Å². The molecule has 9 nitrogen and oxygen atoms in total. The summed E-state index contributed by atoms with van der Waals surface area (Å²) < 4.78 is 12.7. The Morgan fingerprint density at radius 1 is 1.32 bits per heavy atom. The summed E-state index contributed by atoms with van der Waals surface area (Å²) >= 11 is 1.03. The van der Waals surface area contributed by atoms with E-state index in [9.17, 15) is 25.4 Å². The predicted octanol–water partition coefficient (Wildman–Crippen LogP) is 2.14. The summed E-state index contributed by atoms with van der Waals surface area (Å²) in [5.41, 5.74) is -0.0112. The fourth-order valence-electron chi connectivity index (χ4n) is 2.88. The molecule has 156 valence electrons. The predicted molar refractivity (Wildman–Crippen MR) is 113 cm³/mol. The van der Waals surface area contributed by atoms with E-state index in [1.807, 2.05) is 12.1 Å². The molecule has 2 aromatic heterocycles. The van der Waals surface area contributed by atoms with Crippen LogP contribution in [0.5, 0.6) is 0 Å². The molecule has 0 saturated carbocycles. The van der Waals surface area contributed by atoms with Crippen LogP contribution in [0.1, 0.15) is 12.2 Å². The summed E-state index contributed by atoms with van der Waals surface area (Å²) in [7, 11) is 1.55. The standard InChI is InChI=1S/C21H16N4O5S/c1-29-9-3-8-24-20(26)19(31-21(24)15(12-22)13-23)11-17-6-7-18(30-17)14-4-2-5-16(10-14)25(27)28/h2,4-7,10-11H,3,8-9H2,1H3/b19-11-. The SMILES string of the molecule is COCCCn1c(=C(C#N)C#N)s/c(=C\c2ccc(-c3cccc([N+](=O)[O-])c3)o2)c1=O. The lowest BCUT2D eigenvalue weighted by Crippen LogP contribution is -2.32. The number of furan rings is 1. The van der Waals surface area contributed by atoms with Crippen LogP contribution in [0.25, 0.3) is 23.0 Å². The van der Waals surface area contributed by atoms with Crippen molar-refractivity contribution in [1.82, 2.24) is 4.57 Å². The monoisotopic (exact) mass is 436 g/mol. The Morgan fingerprint density at radius 2 is 2.10 bits per heavy atom. The largest absolute Gasteiger partial charge is 0.457 e. The lowest BCUT2D eigenvalue weighted by molar-refractivity contribution is -0.384. The summed E-state index contributed by atoms with van der Waals surface area (Å²) in [5, 5.41) is 29.5. The Kier molecular flexibility index (Phi) is 6.78. The molecule has 0 unspecified atom stereocenters. The smallest absolute Gasteiger partial charge is 0.270 e. The number of nitro benzene ring substituents is 1. The summed E-state index contributed by atoms with van der Waals surface area (Å²) in [5.74, 6) is 0.777. The van der Waals surface area contributed by atoms with Crippen molar-refractivity contribution >= 4 is 28.7 Å². The van der Waals surface area contributed by atoms with Crippen molar-refractivity contribution in [3.63, 3.8) is 0 Å². The highest BCUT2D eigenvalue weighted by atomic mass is 32.1. The van der Waals surface area contributed by atoms with Gasteiger partial charge < -0.3 is 9.15 Å². The lowest BCUT2D eigenvalue weighted by Gasteiger charge is -2.01. The number of hydrogen-bond donors (Lipinski definition) is 0. The number of benzene rings is 1. The molecule has 0 N–H and O–H groups in total. The second-order valence-corrected chi connectivity index (χ2v) is 7.36. The molecule has 1 aromatic carbocycles. The van der Waals surface area contributed by atoms with Crippen molar-refractivity contribution in [3.05, 3.63) is 71.8 Å². The highest BCUT2D eigenvalue weighted by molar-refractivity contribution is 7.07. The molecule has 0 amide bonds. The zero-order valence-corrected chi connectivity index (χ0v) is 17.2. The van der Waals surface area contributed by atoms with Gasteiger partial charge in [-0.25, -0.2) is 0 Å². The van der Waals surface area contributed by atoms with Gasteiger partial charge in [0.15, 0.2) is 5.57 Å². The van der Waals surface area contributed by atoms with Crippen molar-refractivity contribution in [1.29, 1.82) is 10.5 Å². The molecule has 2 heterocycles. The van der Waals surface area contributed by atoms with Gasteiger partial charge in [0, 0.05) is 44.0 Å². The van der Waals surface area contributed by atoms with E-state index in [2.05, 4.69) is 0 Å². The van der Waals surface area contributed by atoms with Gasteiger partial charge in [-0.2, -0.15) is 10.5 Å². The van der Waals surface area contributed by atoms with E-state index in [1.165, 1.54) is 22.8 Å². The van der Waals surface area contributed by atoms with E-state index in [4.69, 9.17) is 9.15 Å². The topological polar surface area (TPSA) is 135 Å². The molecule has 0 fully saturated rings. The maximum atomic E-state index is 12.9. The minimum absolute atomic E-state index is 0.0580. The highest BCUT2D eigenvalue weighted by Gasteiger charge is 2.12. The maximum absolute atomic E-state index is 12.9. The molecule has 0 atom stereocenters. The van der Waals surface area contributed by atoms with Gasteiger partial charge in [-0.1, -0.05) is 12.1 Å². The normalized spacial score (nSPS) is 11.1. The van der Waals surface area contributed by atoms with Crippen molar-refractivity contribution in [2.75, 3.05) is 13.7 Å². The molecule has 0 saturated heterocycles. The molecular formula is C21H16N4O5S. The lowest BCUT2D eigenvalue weighted by atomic mass is 10.1. The van der Waals surface area contributed by atoms with E-state index in [0.29, 0.717) is 41.2 Å².